The van der Waals surface area contributed by atoms with Crippen molar-refractivity contribution in [2.75, 3.05) is 0 Å². The molecule has 0 bridgehead atoms. The topological polar surface area (TPSA) is 17.1 Å². The predicted molar refractivity (Wildman–Crippen MR) is 58.5 cm³/mol. The summed E-state index contributed by atoms with van der Waals surface area (Å²) >= 11 is 1.99. The third kappa shape index (κ3) is 3.32. The van der Waals surface area contributed by atoms with E-state index in [4.69, 9.17) is 0 Å². The molecular weight excluding hydrogens is 301 g/mol. The highest BCUT2D eigenvalue weighted by molar-refractivity contribution is 14.1. The van der Waals surface area contributed by atoms with Gasteiger partial charge in [-0.15, -0.1) is 0 Å². The van der Waals surface area contributed by atoms with Crippen LogP contribution < -0.4 is 0 Å². The van der Waals surface area contributed by atoms with E-state index in [9.17, 15) is 13.6 Å². The van der Waals surface area contributed by atoms with E-state index in [-0.39, 0.29) is 5.56 Å². The molecule has 0 aliphatic rings. The first kappa shape index (κ1) is 11.6. The first-order valence-corrected chi connectivity index (χ1v) is 5.22. The Balaban J connectivity index is 2.89. The molecule has 0 aromatic heterocycles. The van der Waals surface area contributed by atoms with E-state index in [0.717, 1.165) is 15.4 Å². The average molecular weight is 310 g/mol. The second-order valence-corrected chi connectivity index (χ2v) is 4.14. The van der Waals surface area contributed by atoms with Crippen LogP contribution >= 0.6 is 22.6 Å². The minimum atomic E-state index is -2.44. The van der Waals surface area contributed by atoms with E-state index in [0.29, 0.717) is 12.8 Å². The first-order chi connectivity index (χ1) is 6.63. The van der Waals surface area contributed by atoms with Crippen molar-refractivity contribution in [3.8, 4) is 0 Å². The smallest absolute Gasteiger partial charge is 0.263 e. The molecule has 0 N–H and O–H groups in total. The van der Waals surface area contributed by atoms with Gasteiger partial charge in [0.25, 0.3) is 6.43 Å². The lowest BCUT2D eigenvalue weighted by Crippen LogP contribution is -1.92. The second-order valence-electron chi connectivity index (χ2n) is 2.90. The normalized spacial score (nSPS) is 10.6. The highest BCUT2D eigenvalue weighted by atomic mass is 127. The van der Waals surface area contributed by atoms with Gasteiger partial charge >= 0.3 is 0 Å². The molecule has 0 spiro atoms. The molecule has 0 aliphatic heterocycles. The maximum absolute atomic E-state index is 12.4. The monoisotopic (exact) mass is 310 g/mol. The van der Waals surface area contributed by atoms with Crippen LogP contribution in [0.1, 0.15) is 24.0 Å². The van der Waals surface area contributed by atoms with Crippen LogP contribution in [0.5, 0.6) is 0 Å². The minimum Gasteiger partial charge on any atom is -0.303 e. The van der Waals surface area contributed by atoms with Crippen LogP contribution in [0.4, 0.5) is 8.78 Å². The zero-order chi connectivity index (χ0) is 10.6. The van der Waals surface area contributed by atoms with Crippen LogP contribution in [-0.2, 0) is 11.2 Å². The van der Waals surface area contributed by atoms with Crippen molar-refractivity contribution >= 4 is 28.9 Å². The highest BCUT2D eigenvalue weighted by Crippen LogP contribution is 2.23. The van der Waals surface area contributed by atoms with E-state index in [1.165, 1.54) is 12.1 Å². The largest absolute Gasteiger partial charge is 0.303 e. The molecule has 1 rings (SSSR count). The summed E-state index contributed by atoms with van der Waals surface area (Å²) in [5, 5.41) is 0. The van der Waals surface area contributed by atoms with E-state index in [1.54, 1.807) is 0 Å². The van der Waals surface area contributed by atoms with Crippen molar-refractivity contribution < 1.29 is 13.6 Å². The van der Waals surface area contributed by atoms with Gasteiger partial charge in [0.2, 0.25) is 0 Å². The van der Waals surface area contributed by atoms with Crippen molar-refractivity contribution in [3.63, 3.8) is 0 Å². The third-order valence-electron chi connectivity index (χ3n) is 1.78. The summed E-state index contributed by atoms with van der Waals surface area (Å²) in [7, 11) is 0. The molecule has 14 heavy (non-hydrogen) atoms. The number of carbonyl (C=O) groups is 1. The average Bonchev–Trinajstić information content (AvgIpc) is 2.14. The molecule has 0 heterocycles. The van der Waals surface area contributed by atoms with Crippen LogP contribution in [0.2, 0.25) is 0 Å². The molecule has 4 heteroatoms. The number of aldehydes is 1. The van der Waals surface area contributed by atoms with Gasteiger partial charge in [-0.2, -0.15) is 0 Å². The van der Waals surface area contributed by atoms with Crippen molar-refractivity contribution in [2.24, 2.45) is 0 Å². The van der Waals surface area contributed by atoms with E-state index < -0.39 is 6.43 Å². The molecule has 76 valence electrons. The Hall–Kier alpha value is -0.520. The molecule has 0 aliphatic carbocycles. The summed E-state index contributed by atoms with van der Waals surface area (Å²) in [6.07, 6.45) is -0.746. The zero-order valence-electron chi connectivity index (χ0n) is 7.34. The number of hydrogen-bond donors (Lipinski definition) is 0. The van der Waals surface area contributed by atoms with Crippen LogP contribution in [0.25, 0.3) is 0 Å². The molecule has 0 atom stereocenters. The summed E-state index contributed by atoms with van der Waals surface area (Å²) in [5.41, 5.74) is 0.817. The maximum atomic E-state index is 12.4. The molecule has 0 unspecified atom stereocenters. The maximum Gasteiger partial charge on any atom is 0.263 e. The number of hydrogen-bond acceptors (Lipinski definition) is 1. The standard InChI is InChI=1S/C10H9F2IO/c11-10(12)8-4-7(2-1-3-14)5-9(13)6-8/h3-6,10H,1-2H2. The van der Waals surface area contributed by atoms with Crippen LogP contribution in [-0.4, -0.2) is 6.29 Å². The van der Waals surface area contributed by atoms with Gasteiger partial charge in [-0.05, 0) is 46.7 Å². The molecule has 1 nitrogen and oxygen atoms in total. The lowest BCUT2D eigenvalue weighted by Gasteiger charge is -2.04. The quantitative estimate of drug-likeness (QED) is 0.616. The summed E-state index contributed by atoms with van der Waals surface area (Å²) in [5.74, 6) is 0. The fourth-order valence-corrected chi connectivity index (χ4v) is 1.93. The van der Waals surface area contributed by atoms with Gasteiger partial charge in [0, 0.05) is 15.6 Å². The lowest BCUT2D eigenvalue weighted by molar-refractivity contribution is -0.107. The molecule has 0 saturated heterocycles. The van der Waals surface area contributed by atoms with Gasteiger partial charge in [-0.25, -0.2) is 8.78 Å². The number of halogens is 3. The van der Waals surface area contributed by atoms with Gasteiger partial charge in [0.15, 0.2) is 0 Å². The van der Waals surface area contributed by atoms with Crippen molar-refractivity contribution in [1.29, 1.82) is 0 Å². The van der Waals surface area contributed by atoms with Crippen molar-refractivity contribution in [1.82, 2.24) is 0 Å². The molecule has 0 fully saturated rings. The van der Waals surface area contributed by atoms with Gasteiger partial charge in [-0.1, -0.05) is 6.07 Å². The summed E-state index contributed by atoms with van der Waals surface area (Å²) < 4.78 is 25.5. The molecule has 0 saturated carbocycles. The van der Waals surface area contributed by atoms with Crippen LogP contribution in [0.15, 0.2) is 18.2 Å². The van der Waals surface area contributed by atoms with E-state index >= 15 is 0 Å². The molecule has 0 amide bonds. The molecule has 1 aromatic rings. The summed E-state index contributed by atoms with van der Waals surface area (Å²) in [6.45, 7) is 0. The summed E-state index contributed by atoms with van der Waals surface area (Å²) in [4.78, 5) is 10.1. The predicted octanol–water partition coefficient (Wildman–Crippen LogP) is 3.36. The molecule has 0 radical (unpaired) electrons. The Bertz CT molecular complexity index is 326. The van der Waals surface area contributed by atoms with Crippen LogP contribution in [0.3, 0.4) is 0 Å². The number of alkyl halides is 2. The van der Waals surface area contributed by atoms with Gasteiger partial charge in [0.05, 0.1) is 0 Å². The van der Waals surface area contributed by atoms with Crippen LogP contribution in [0, 0.1) is 3.57 Å². The minimum absolute atomic E-state index is 0.0257. The Kier molecular flexibility index (Phi) is 4.44. The second kappa shape index (κ2) is 5.38. The van der Waals surface area contributed by atoms with Gasteiger partial charge < -0.3 is 4.79 Å². The Morgan fingerprint density at radius 1 is 1.36 bits per heavy atom. The molecule has 1 aromatic carbocycles. The number of carbonyl (C=O) groups excluding carboxylic acids is 1. The Labute approximate surface area is 94.6 Å². The van der Waals surface area contributed by atoms with E-state index in [1.807, 2.05) is 28.7 Å². The highest BCUT2D eigenvalue weighted by Gasteiger charge is 2.08. The summed E-state index contributed by atoms with van der Waals surface area (Å²) in [6, 6.07) is 4.72. The fourth-order valence-electron chi connectivity index (χ4n) is 1.17. The third-order valence-corrected chi connectivity index (χ3v) is 2.41. The number of benzene rings is 1. The number of aryl methyl sites for hydroxylation is 1. The van der Waals surface area contributed by atoms with Gasteiger partial charge in [-0.3, -0.25) is 0 Å². The SMILES string of the molecule is O=CCCc1cc(I)cc(C(F)F)c1. The number of rotatable bonds is 4. The van der Waals surface area contributed by atoms with Crippen molar-refractivity contribution in [3.05, 3.63) is 32.9 Å². The molecular formula is C10H9F2IO. The Morgan fingerprint density at radius 3 is 2.64 bits per heavy atom. The van der Waals surface area contributed by atoms with Gasteiger partial charge in [0.1, 0.15) is 6.29 Å². The zero-order valence-corrected chi connectivity index (χ0v) is 9.50. The van der Waals surface area contributed by atoms with Crippen molar-refractivity contribution in [2.45, 2.75) is 19.3 Å². The lowest BCUT2D eigenvalue weighted by atomic mass is 10.1. The van der Waals surface area contributed by atoms with E-state index in [2.05, 4.69) is 0 Å². The Morgan fingerprint density at radius 2 is 2.07 bits per heavy atom. The first-order valence-electron chi connectivity index (χ1n) is 4.14. The fraction of sp³-hybridized carbons (Fsp3) is 0.300.